The molecule has 9 heteroatoms. The first-order valence-electron chi connectivity index (χ1n) is 10.1. The molecule has 2 saturated heterocycles. The van der Waals surface area contributed by atoms with Crippen molar-refractivity contribution < 1.29 is 14.3 Å². The summed E-state index contributed by atoms with van der Waals surface area (Å²) >= 11 is 6.05. The fourth-order valence-electron chi connectivity index (χ4n) is 3.72. The topological polar surface area (TPSA) is 78.9 Å². The molecular weight excluding hydrogens is 394 g/mol. The minimum Gasteiger partial charge on any atom is -0.444 e. The summed E-state index contributed by atoms with van der Waals surface area (Å²) in [5.41, 5.74) is -0.558. The van der Waals surface area contributed by atoms with Crippen LogP contribution in [0.5, 0.6) is 0 Å². The van der Waals surface area contributed by atoms with Crippen LogP contribution in [-0.2, 0) is 9.53 Å². The molecule has 2 aliphatic heterocycles. The van der Waals surface area contributed by atoms with Crippen molar-refractivity contribution in [3.8, 4) is 0 Å². The molecule has 29 heavy (non-hydrogen) atoms. The van der Waals surface area contributed by atoms with Crippen LogP contribution in [0.25, 0.3) is 0 Å². The molecule has 2 fully saturated rings. The molecule has 3 heterocycles. The minimum absolute atomic E-state index is 0.0113. The lowest BCUT2D eigenvalue weighted by Gasteiger charge is -2.39. The molecule has 0 saturated carbocycles. The lowest BCUT2D eigenvalue weighted by Crippen LogP contribution is -2.54. The summed E-state index contributed by atoms with van der Waals surface area (Å²) in [5, 5.41) is 0.461. The van der Waals surface area contributed by atoms with Gasteiger partial charge in [0.05, 0.1) is 0 Å². The number of piperidine rings is 1. The predicted molar refractivity (Wildman–Crippen MR) is 111 cm³/mol. The van der Waals surface area contributed by atoms with Gasteiger partial charge in [0.1, 0.15) is 28.9 Å². The third-order valence-electron chi connectivity index (χ3n) is 5.18. The number of aryl methyl sites for hydroxylation is 1. The highest BCUT2D eigenvalue weighted by Gasteiger charge is 2.32. The van der Waals surface area contributed by atoms with Gasteiger partial charge in [-0.1, -0.05) is 11.6 Å². The van der Waals surface area contributed by atoms with E-state index in [4.69, 9.17) is 16.3 Å². The Morgan fingerprint density at radius 3 is 2.48 bits per heavy atom. The van der Waals surface area contributed by atoms with Gasteiger partial charge < -0.3 is 14.5 Å². The largest absolute Gasteiger partial charge is 0.444 e. The molecule has 3 rings (SSSR count). The van der Waals surface area contributed by atoms with Crippen LogP contribution in [0.1, 0.15) is 39.4 Å². The van der Waals surface area contributed by atoms with E-state index in [1.54, 1.807) is 6.07 Å². The van der Waals surface area contributed by atoms with Gasteiger partial charge in [0.25, 0.3) is 0 Å². The molecule has 1 aromatic rings. The fraction of sp³-hybridized carbons (Fsp3) is 0.700. The van der Waals surface area contributed by atoms with E-state index in [0.717, 1.165) is 38.3 Å². The average molecular weight is 424 g/mol. The van der Waals surface area contributed by atoms with Gasteiger partial charge in [-0.3, -0.25) is 9.69 Å². The van der Waals surface area contributed by atoms with Crippen molar-refractivity contribution in [1.29, 1.82) is 0 Å². The van der Waals surface area contributed by atoms with Gasteiger partial charge in [0.15, 0.2) is 0 Å². The van der Waals surface area contributed by atoms with Crippen LogP contribution < -0.4 is 4.90 Å². The van der Waals surface area contributed by atoms with Gasteiger partial charge in [0.2, 0.25) is 5.91 Å². The molecule has 160 valence electrons. The van der Waals surface area contributed by atoms with Crippen LogP contribution in [0.15, 0.2) is 6.07 Å². The highest BCUT2D eigenvalue weighted by molar-refractivity contribution is 6.29. The molecule has 0 spiro atoms. The van der Waals surface area contributed by atoms with Crippen LogP contribution in [0, 0.1) is 12.8 Å². The number of hydrogen-bond donors (Lipinski definition) is 0. The number of piperazine rings is 1. The van der Waals surface area contributed by atoms with E-state index in [2.05, 4.69) is 14.9 Å². The molecule has 0 N–H and O–H groups in total. The second-order valence-electron chi connectivity index (χ2n) is 8.77. The van der Waals surface area contributed by atoms with Gasteiger partial charge in [-0.05, 0) is 46.5 Å². The van der Waals surface area contributed by atoms with Gasteiger partial charge in [-0.25, -0.2) is 14.8 Å². The highest BCUT2D eigenvalue weighted by atomic mass is 35.5. The van der Waals surface area contributed by atoms with Crippen LogP contribution in [0.3, 0.4) is 0 Å². The summed E-state index contributed by atoms with van der Waals surface area (Å²) < 4.78 is 5.37. The number of carbonyl (C=O) groups excluding carboxylic acids is 2. The lowest BCUT2D eigenvalue weighted by atomic mass is 9.96. The Hall–Kier alpha value is -2.09. The number of anilines is 1. The summed E-state index contributed by atoms with van der Waals surface area (Å²) in [6.07, 6.45) is 1.55. The number of ether oxygens (including phenoxy) is 1. The molecule has 2 amide bonds. The summed E-state index contributed by atoms with van der Waals surface area (Å²) in [7, 11) is 0. The quantitative estimate of drug-likeness (QED) is 0.695. The van der Waals surface area contributed by atoms with Crippen LogP contribution in [0.2, 0.25) is 5.15 Å². The first-order chi connectivity index (χ1) is 13.6. The van der Waals surface area contributed by atoms with Crippen molar-refractivity contribution in [2.75, 3.05) is 44.2 Å². The summed E-state index contributed by atoms with van der Waals surface area (Å²) in [6, 6.07) is 1.80. The SMILES string of the molecule is Cc1nc(Cl)cc(N2CCC(CN3CCN(C(=O)OC(C)(C)C)CC3=O)CC2)n1. The molecule has 8 nitrogen and oxygen atoms in total. The average Bonchev–Trinajstić information content (AvgIpc) is 2.61. The monoisotopic (exact) mass is 423 g/mol. The molecule has 0 radical (unpaired) electrons. The zero-order valence-electron chi connectivity index (χ0n) is 17.7. The molecule has 0 bridgehead atoms. The van der Waals surface area contributed by atoms with E-state index >= 15 is 0 Å². The standard InChI is InChI=1S/C20H30ClN5O3/c1-14-22-16(21)11-17(23-14)24-7-5-15(6-8-24)12-25-9-10-26(13-18(25)27)19(28)29-20(2,3)4/h11,15H,5-10,12-13H2,1-4H3. The maximum atomic E-state index is 12.5. The first kappa shape index (κ1) is 21.6. The van der Waals surface area contributed by atoms with Crippen LogP contribution >= 0.6 is 11.6 Å². The van der Waals surface area contributed by atoms with Crippen LogP contribution in [0.4, 0.5) is 10.6 Å². The molecule has 0 aliphatic carbocycles. The molecule has 0 unspecified atom stereocenters. The van der Waals surface area contributed by atoms with E-state index in [0.29, 0.717) is 30.0 Å². The Labute approximate surface area is 177 Å². The zero-order chi connectivity index (χ0) is 21.2. The fourth-order valence-corrected chi connectivity index (χ4v) is 3.94. The Morgan fingerprint density at radius 1 is 1.21 bits per heavy atom. The van der Waals surface area contributed by atoms with E-state index in [1.165, 1.54) is 4.90 Å². The van der Waals surface area contributed by atoms with E-state index < -0.39 is 11.7 Å². The minimum atomic E-state index is -0.558. The second-order valence-corrected chi connectivity index (χ2v) is 9.16. The molecule has 0 atom stereocenters. The highest BCUT2D eigenvalue weighted by Crippen LogP contribution is 2.25. The Morgan fingerprint density at radius 2 is 1.90 bits per heavy atom. The Bertz CT molecular complexity index is 739. The van der Waals surface area contributed by atoms with Crippen LogP contribution in [-0.4, -0.2) is 76.6 Å². The normalized spacial score (nSPS) is 18.9. The predicted octanol–water partition coefficient (Wildman–Crippen LogP) is 2.73. The van der Waals surface area contributed by atoms with Gasteiger partial charge in [-0.15, -0.1) is 0 Å². The molecular formula is C20H30ClN5O3. The second kappa shape index (κ2) is 8.73. The number of carbonyl (C=O) groups is 2. The maximum absolute atomic E-state index is 12.5. The number of nitrogens with zero attached hydrogens (tertiary/aromatic N) is 5. The third-order valence-corrected chi connectivity index (χ3v) is 5.37. The summed E-state index contributed by atoms with van der Waals surface area (Å²) in [4.78, 5) is 38.9. The van der Waals surface area contributed by atoms with Gasteiger partial charge in [0, 0.05) is 38.8 Å². The number of rotatable bonds is 3. The maximum Gasteiger partial charge on any atom is 0.410 e. The van der Waals surface area contributed by atoms with Gasteiger partial charge >= 0.3 is 6.09 Å². The zero-order valence-corrected chi connectivity index (χ0v) is 18.4. The van der Waals surface area contributed by atoms with Crippen molar-refractivity contribution in [3.05, 3.63) is 17.0 Å². The Kier molecular flexibility index (Phi) is 6.51. The van der Waals surface area contributed by atoms with Crippen molar-refractivity contribution in [3.63, 3.8) is 0 Å². The number of hydrogen-bond acceptors (Lipinski definition) is 6. The number of amides is 2. The van der Waals surface area contributed by atoms with Crippen molar-refractivity contribution in [2.24, 2.45) is 5.92 Å². The van der Waals surface area contributed by atoms with E-state index in [-0.39, 0.29) is 12.5 Å². The summed E-state index contributed by atoms with van der Waals surface area (Å²) in [5.74, 6) is 1.97. The lowest BCUT2D eigenvalue weighted by molar-refractivity contribution is -0.136. The van der Waals surface area contributed by atoms with Crippen molar-refractivity contribution in [2.45, 2.75) is 46.1 Å². The van der Waals surface area contributed by atoms with Gasteiger partial charge in [-0.2, -0.15) is 0 Å². The smallest absolute Gasteiger partial charge is 0.410 e. The van der Waals surface area contributed by atoms with E-state index in [1.807, 2.05) is 32.6 Å². The first-order valence-corrected chi connectivity index (χ1v) is 10.5. The van der Waals surface area contributed by atoms with Crippen molar-refractivity contribution in [1.82, 2.24) is 19.8 Å². The summed E-state index contributed by atoms with van der Waals surface area (Å²) in [6.45, 7) is 11.0. The van der Waals surface area contributed by atoms with Crippen molar-refractivity contribution >= 4 is 29.4 Å². The third kappa shape index (κ3) is 5.95. The molecule has 2 aliphatic rings. The Balaban J connectivity index is 1.47. The molecule has 0 aromatic carbocycles. The number of halogens is 1. The van der Waals surface area contributed by atoms with E-state index in [9.17, 15) is 9.59 Å². The molecule has 1 aromatic heterocycles. The number of aromatic nitrogens is 2.